The first kappa shape index (κ1) is 19.6. The van der Waals surface area contributed by atoms with E-state index in [-0.39, 0.29) is 5.02 Å². The van der Waals surface area contributed by atoms with Crippen LogP contribution in [-0.4, -0.2) is 37.2 Å². The van der Waals surface area contributed by atoms with Crippen LogP contribution >= 0.6 is 11.6 Å². The highest BCUT2D eigenvalue weighted by Gasteiger charge is 2.22. The molecule has 2 aromatic carbocycles. The number of nitrogens with one attached hydrogen (secondary N) is 1. The second kappa shape index (κ2) is 8.67. The quantitative estimate of drug-likeness (QED) is 0.760. The molecule has 1 N–H and O–H groups in total. The van der Waals surface area contributed by atoms with Crippen LogP contribution in [0, 0.1) is 17.6 Å². The summed E-state index contributed by atoms with van der Waals surface area (Å²) in [5.74, 6) is -0.724. The molecule has 2 aromatic rings. The molecule has 0 unspecified atom stereocenters. The fourth-order valence-corrected chi connectivity index (χ4v) is 3.38. The highest BCUT2D eigenvalue weighted by Crippen LogP contribution is 2.31. The first-order valence-corrected chi connectivity index (χ1v) is 9.25. The standard InChI is InChI=1S/C20H21ClF2N2O2/c1-2-25-8-7-13(11-25)12-27-20(26)24-19-6-4-15(22)10-16(19)14-3-5-18(23)17(21)9-14/h3-6,9-10,13H,2,7-8,11-12H2,1H3,(H,24,26)/t13-/m1/s1. The molecule has 0 aliphatic carbocycles. The highest BCUT2D eigenvalue weighted by molar-refractivity contribution is 6.31. The van der Waals surface area contributed by atoms with E-state index >= 15 is 0 Å². The lowest BCUT2D eigenvalue weighted by Crippen LogP contribution is -2.23. The summed E-state index contributed by atoms with van der Waals surface area (Å²) in [6.45, 7) is 5.36. The Hall–Kier alpha value is -2.18. The predicted octanol–water partition coefficient (Wildman–Crippen LogP) is 5.18. The molecule has 1 aliphatic heterocycles. The van der Waals surface area contributed by atoms with Gasteiger partial charge in [0.1, 0.15) is 11.6 Å². The van der Waals surface area contributed by atoms with Gasteiger partial charge < -0.3 is 9.64 Å². The molecule has 1 saturated heterocycles. The summed E-state index contributed by atoms with van der Waals surface area (Å²) in [6.07, 6.45) is 0.391. The minimum atomic E-state index is -0.606. The Morgan fingerprint density at radius 1 is 1.30 bits per heavy atom. The maximum absolute atomic E-state index is 13.7. The van der Waals surface area contributed by atoms with Crippen molar-refractivity contribution in [1.29, 1.82) is 0 Å². The normalized spacial score (nSPS) is 17.1. The van der Waals surface area contributed by atoms with Gasteiger partial charge >= 0.3 is 6.09 Å². The molecule has 0 saturated carbocycles. The Morgan fingerprint density at radius 3 is 2.81 bits per heavy atom. The number of hydrogen-bond donors (Lipinski definition) is 1. The van der Waals surface area contributed by atoms with E-state index in [1.807, 2.05) is 0 Å². The lowest BCUT2D eigenvalue weighted by molar-refractivity contribution is 0.141. The number of halogens is 3. The third-order valence-electron chi connectivity index (χ3n) is 4.72. The van der Waals surface area contributed by atoms with Crippen molar-refractivity contribution < 1.29 is 18.3 Å². The minimum Gasteiger partial charge on any atom is -0.449 e. The van der Waals surface area contributed by atoms with Gasteiger partial charge in [0.15, 0.2) is 0 Å². The van der Waals surface area contributed by atoms with Gasteiger partial charge in [-0.25, -0.2) is 13.6 Å². The van der Waals surface area contributed by atoms with Gasteiger partial charge in [0, 0.05) is 18.0 Å². The van der Waals surface area contributed by atoms with Gasteiger partial charge in [0.05, 0.1) is 17.3 Å². The number of amides is 1. The van der Waals surface area contributed by atoms with E-state index in [0.717, 1.165) is 26.1 Å². The number of rotatable bonds is 5. The third kappa shape index (κ3) is 4.96. The number of anilines is 1. The van der Waals surface area contributed by atoms with Crippen LogP contribution in [0.2, 0.25) is 5.02 Å². The van der Waals surface area contributed by atoms with E-state index in [0.29, 0.717) is 29.3 Å². The maximum Gasteiger partial charge on any atom is 0.411 e. The van der Waals surface area contributed by atoms with Crippen LogP contribution < -0.4 is 5.32 Å². The SMILES string of the molecule is CCN1CC[C@@H](COC(=O)Nc2ccc(F)cc2-c2ccc(F)c(Cl)c2)C1. The van der Waals surface area contributed by atoms with Gasteiger partial charge in [-0.05, 0) is 55.4 Å². The van der Waals surface area contributed by atoms with Gasteiger partial charge in [-0.1, -0.05) is 24.6 Å². The summed E-state index contributed by atoms with van der Waals surface area (Å²) in [4.78, 5) is 14.5. The van der Waals surface area contributed by atoms with Crippen LogP contribution in [0.25, 0.3) is 11.1 Å². The maximum atomic E-state index is 13.7. The second-order valence-electron chi connectivity index (χ2n) is 6.59. The molecule has 0 radical (unpaired) electrons. The second-order valence-corrected chi connectivity index (χ2v) is 7.00. The van der Waals surface area contributed by atoms with E-state index in [1.54, 1.807) is 0 Å². The average molecular weight is 395 g/mol. The van der Waals surface area contributed by atoms with Crippen molar-refractivity contribution in [2.45, 2.75) is 13.3 Å². The van der Waals surface area contributed by atoms with Crippen molar-refractivity contribution in [1.82, 2.24) is 4.90 Å². The van der Waals surface area contributed by atoms with Crippen LogP contribution in [0.1, 0.15) is 13.3 Å². The van der Waals surface area contributed by atoms with E-state index < -0.39 is 17.7 Å². The Balaban J connectivity index is 1.69. The Bertz CT molecular complexity index is 832. The number of carbonyl (C=O) groups excluding carboxylic acids is 1. The summed E-state index contributed by atoms with van der Waals surface area (Å²) in [6, 6.07) is 8.00. The largest absolute Gasteiger partial charge is 0.449 e. The molecule has 1 heterocycles. The minimum absolute atomic E-state index is 0.0769. The van der Waals surface area contributed by atoms with Gasteiger partial charge in [-0.3, -0.25) is 5.32 Å². The summed E-state index contributed by atoms with van der Waals surface area (Å²) in [7, 11) is 0. The lowest BCUT2D eigenvalue weighted by Gasteiger charge is -2.15. The number of benzene rings is 2. The molecule has 1 fully saturated rings. The molecule has 0 aromatic heterocycles. The third-order valence-corrected chi connectivity index (χ3v) is 5.01. The first-order chi connectivity index (χ1) is 13.0. The molecule has 1 aliphatic rings. The van der Waals surface area contributed by atoms with Gasteiger partial charge in [0.2, 0.25) is 0 Å². The van der Waals surface area contributed by atoms with Gasteiger partial charge in [-0.2, -0.15) is 0 Å². The molecular formula is C20H21ClF2N2O2. The van der Waals surface area contributed by atoms with Crippen molar-refractivity contribution in [2.75, 3.05) is 31.6 Å². The lowest BCUT2D eigenvalue weighted by atomic mass is 10.0. The number of ether oxygens (including phenoxy) is 1. The summed E-state index contributed by atoms with van der Waals surface area (Å²) < 4.78 is 32.5. The molecule has 0 bridgehead atoms. The van der Waals surface area contributed by atoms with Crippen LogP contribution in [0.5, 0.6) is 0 Å². The molecular weight excluding hydrogens is 374 g/mol. The van der Waals surface area contributed by atoms with E-state index in [2.05, 4.69) is 17.1 Å². The van der Waals surface area contributed by atoms with Crippen LogP contribution in [0.3, 0.4) is 0 Å². The van der Waals surface area contributed by atoms with E-state index in [4.69, 9.17) is 16.3 Å². The Labute approximate surface area is 162 Å². The molecule has 1 amide bonds. The zero-order chi connectivity index (χ0) is 19.4. The highest BCUT2D eigenvalue weighted by atomic mass is 35.5. The van der Waals surface area contributed by atoms with Crippen molar-refractivity contribution >= 4 is 23.4 Å². The van der Waals surface area contributed by atoms with Gasteiger partial charge in [-0.15, -0.1) is 0 Å². The summed E-state index contributed by atoms with van der Waals surface area (Å²) in [5.41, 5.74) is 1.25. The van der Waals surface area contributed by atoms with Crippen molar-refractivity contribution in [3.05, 3.63) is 53.1 Å². The monoisotopic (exact) mass is 394 g/mol. The molecule has 4 nitrogen and oxygen atoms in total. The summed E-state index contributed by atoms with van der Waals surface area (Å²) >= 11 is 5.82. The zero-order valence-electron chi connectivity index (χ0n) is 15.0. The zero-order valence-corrected chi connectivity index (χ0v) is 15.7. The number of nitrogens with zero attached hydrogens (tertiary/aromatic N) is 1. The summed E-state index contributed by atoms with van der Waals surface area (Å²) in [5, 5.41) is 2.56. The van der Waals surface area contributed by atoms with Gasteiger partial charge in [0.25, 0.3) is 0 Å². The molecule has 27 heavy (non-hydrogen) atoms. The van der Waals surface area contributed by atoms with Crippen LogP contribution in [0.4, 0.5) is 19.3 Å². The molecule has 144 valence electrons. The molecule has 0 spiro atoms. The molecule has 7 heteroatoms. The van der Waals surface area contributed by atoms with Crippen LogP contribution in [0.15, 0.2) is 36.4 Å². The van der Waals surface area contributed by atoms with Crippen molar-refractivity contribution in [3.8, 4) is 11.1 Å². The number of hydrogen-bond acceptors (Lipinski definition) is 3. The average Bonchev–Trinajstić information content (AvgIpc) is 3.12. The van der Waals surface area contributed by atoms with Crippen LogP contribution in [-0.2, 0) is 4.74 Å². The van der Waals surface area contributed by atoms with Crippen molar-refractivity contribution in [3.63, 3.8) is 0 Å². The number of likely N-dealkylation sites (tertiary alicyclic amines) is 1. The Kier molecular flexibility index (Phi) is 6.29. The smallest absolute Gasteiger partial charge is 0.411 e. The fourth-order valence-electron chi connectivity index (χ4n) is 3.20. The molecule has 3 rings (SSSR count). The topological polar surface area (TPSA) is 41.6 Å². The Morgan fingerprint density at radius 2 is 2.11 bits per heavy atom. The van der Waals surface area contributed by atoms with E-state index in [9.17, 15) is 13.6 Å². The number of carbonyl (C=O) groups is 1. The fraction of sp³-hybridized carbons (Fsp3) is 0.350. The van der Waals surface area contributed by atoms with E-state index in [1.165, 1.54) is 36.4 Å². The first-order valence-electron chi connectivity index (χ1n) is 8.87. The predicted molar refractivity (Wildman–Crippen MR) is 102 cm³/mol. The van der Waals surface area contributed by atoms with Crippen molar-refractivity contribution in [2.24, 2.45) is 5.92 Å². The molecule has 1 atom stereocenters.